The number of aromatic nitrogens is 4. The van der Waals surface area contributed by atoms with E-state index in [4.69, 9.17) is 0 Å². The van der Waals surface area contributed by atoms with Gasteiger partial charge in [-0.25, -0.2) is 14.0 Å². The molecule has 0 aliphatic rings. The fraction of sp³-hybridized carbons (Fsp3) is 0.167. The van der Waals surface area contributed by atoms with Gasteiger partial charge in [0.05, 0.1) is 6.54 Å². The standard InChI is InChI=1S/C18H16FN5O5/c1-22-13(7-14(25)23(2)18(22)29)21-15(26)11-8-20-17(28)24(16(11)27)9-10-5-3-4-6-12(10)19/h3-8H,9H2,1-2H3,(H,20,28)(H,21,26). The van der Waals surface area contributed by atoms with Gasteiger partial charge in [-0.2, -0.15) is 0 Å². The van der Waals surface area contributed by atoms with E-state index >= 15 is 0 Å². The van der Waals surface area contributed by atoms with Crippen LogP contribution in [0.1, 0.15) is 15.9 Å². The lowest BCUT2D eigenvalue weighted by Gasteiger charge is -2.11. The van der Waals surface area contributed by atoms with Gasteiger partial charge in [0.15, 0.2) is 0 Å². The van der Waals surface area contributed by atoms with Crippen LogP contribution in [0.2, 0.25) is 0 Å². The fourth-order valence-electron chi connectivity index (χ4n) is 2.65. The summed E-state index contributed by atoms with van der Waals surface area (Å²) in [6.45, 7) is -0.383. The molecule has 2 aromatic heterocycles. The van der Waals surface area contributed by atoms with Crippen molar-refractivity contribution in [3.05, 3.63) is 95.1 Å². The molecule has 0 fully saturated rings. The number of hydrogen-bond acceptors (Lipinski definition) is 5. The summed E-state index contributed by atoms with van der Waals surface area (Å²) in [7, 11) is 2.61. The summed E-state index contributed by atoms with van der Waals surface area (Å²) in [5.74, 6) is -1.69. The minimum absolute atomic E-state index is 0.0895. The normalized spacial score (nSPS) is 10.7. The van der Waals surface area contributed by atoms with Crippen molar-refractivity contribution in [3.8, 4) is 0 Å². The number of halogens is 1. The molecule has 3 rings (SSSR count). The van der Waals surface area contributed by atoms with Gasteiger partial charge in [0.25, 0.3) is 17.0 Å². The van der Waals surface area contributed by atoms with Gasteiger partial charge in [-0.1, -0.05) is 18.2 Å². The average molecular weight is 401 g/mol. The van der Waals surface area contributed by atoms with E-state index in [0.717, 1.165) is 21.4 Å². The summed E-state index contributed by atoms with van der Waals surface area (Å²) in [6.07, 6.45) is 0.914. The molecule has 0 spiro atoms. The van der Waals surface area contributed by atoms with Gasteiger partial charge < -0.3 is 10.3 Å². The smallest absolute Gasteiger partial charge is 0.313 e. The number of carbonyl (C=O) groups excluding carboxylic acids is 1. The number of anilines is 1. The Bertz CT molecular complexity index is 1350. The zero-order valence-electron chi connectivity index (χ0n) is 15.4. The van der Waals surface area contributed by atoms with Crippen molar-refractivity contribution in [2.45, 2.75) is 6.54 Å². The molecule has 11 heteroatoms. The van der Waals surface area contributed by atoms with Gasteiger partial charge in [-0.3, -0.25) is 28.1 Å². The number of aromatic amines is 1. The number of nitrogens with zero attached hydrogens (tertiary/aromatic N) is 3. The van der Waals surface area contributed by atoms with E-state index in [2.05, 4.69) is 10.3 Å². The van der Waals surface area contributed by atoms with Gasteiger partial charge in [0.1, 0.15) is 17.2 Å². The zero-order chi connectivity index (χ0) is 21.3. The second-order valence-electron chi connectivity index (χ2n) is 6.21. The molecule has 0 radical (unpaired) electrons. The van der Waals surface area contributed by atoms with Gasteiger partial charge in [-0.05, 0) is 6.07 Å². The number of rotatable bonds is 4. The van der Waals surface area contributed by atoms with Crippen molar-refractivity contribution >= 4 is 11.7 Å². The topological polar surface area (TPSA) is 128 Å². The highest BCUT2D eigenvalue weighted by molar-refractivity contribution is 6.03. The summed E-state index contributed by atoms with van der Waals surface area (Å²) < 4.78 is 16.4. The molecule has 10 nitrogen and oxygen atoms in total. The molecule has 2 N–H and O–H groups in total. The molecule has 1 aromatic carbocycles. The summed E-state index contributed by atoms with van der Waals surface area (Å²) in [5, 5.41) is 2.30. The molecule has 0 aliphatic heterocycles. The third-order valence-electron chi connectivity index (χ3n) is 4.36. The Kier molecular flexibility index (Phi) is 5.13. The van der Waals surface area contributed by atoms with Gasteiger partial charge in [0, 0.05) is 31.9 Å². The SMILES string of the molecule is Cn1c(NC(=O)c2c[nH]c(=O)n(Cc3ccccc3F)c2=O)cc(=O)n(C)c1=O. The number of benzene rings is 1. The Morgan fingerprint density at radius 3 is 2.48 bits per heavy atom. The van der Waals surface area contributed by atoms with E-state index in [0.29, 0.717) is 4.57 Å². The Labute approximate surface area is 161 Å². The summed E-state index contributed by atoms with van der Waals surface area (Å²) >= 11 is 0. The lowest BCUT2D eigenvalue weighted by molar-refractivity contribution is 0.102. The van der Waals surface area contributed by atoms with Crippen LogP contribution in [0.4, 0.5) is 10.2 Å². The maximum atomic E-state index is 13.9. The molecule has 1 amide bonds. The summed E-state index contributed by atoms with van der Waals surface area (Å²) in [5.41, 5.74) is -3.46. The van der Waals surface area contributed by atoms with E-state index in [9.17, 15) is 28.4 Å². The molecular formula is C18H16FN5O5. The quantitative estimate of drug-likeness (QED) is 0.602. The molecule has 0 aliphatic carbocycles. The van der Waals surface area contributed by atoms with Crippen LogP contribution in [0.25, 0.3) is 0 Å². The Morgan fingerprint density at radius 1 is 1.10 bits per heavy atom. The number of nitrogens with one attached hydrogen (secondary N) is 2. The van der Waals surface area contributed by atoms with E-state index in [1.165, 1.54) is 32.3 Å². The summed E-state index contributed by atoms with van der Waals surface area (Å²) in [4.78, 5) is 63.2. The molecule has 0 saturated heterocycles. The molecule has 0 unspecified atom stereocenters. The fourth-order valence-corrected chi connectivity index (χ4v) is 2.65. The highest BCUT2D eigenvalue weighted by atomic mass is 19.1. The second-order valence-corrected chi connectivity index (χ2v) is 6.21. The van der Waals surface area contributed by atoms with Crippen molar-refractivity contribution in [3.63, 3.8) is 0 Å². The molecule has 3 aromatic rings. The first-order valence-electron chi connectivity index (χ1n) is 8.35. The van der Waals surface area contributed by atoms with Gasteiger partial charge in [0.2, 0.25) is 0 Å². The van der Waals surface area contributed by atoms with Gasteiger partial charge in [-0.15, -0.1) is 0 Å². The molecule has 150 valence electrons. The Hall–Kier alpha value is -4.02. The first kappa shape index (κ1) is 19.7. The van der Waals surface area contributed by atoms with E-state index in [1.54, 1.807) is 6.07 Å². The predicted molar refractivity (Wildman–Crippen MR) is 102 cm³/mol. The van der Waals surface area contributed by atoms with Crippen LogP contribution in [0, 0.1) is 5.82 Å². The Balaban J connectivity index is 2.00. The number of carbonyl (C=O) groups is 1. The summed E-state index contributed by atoms with van der Waals surface area (Å²) in [6, 6.07) is 6.61. The van der Waals surface area contributed by atoms with Crippen LogP contribution >= 0.6 is 0 Å². The second kappa shape index (κ2) is 7.54. The van der Waals surface area contributed by atoms with Crippen LogP contribution in [0.5, 0.6) is 0 Å². The largest absolute Gasteiger partial charge is 0.332 e. The first-order valence-corrected chi connectivity index (χ1v) is 8.35. The number of H-pyrrole nitrogens is 1. The van der Waals surface area contributed by atoms with Crippen molar-refractivity contribution < 1.29 is 9.18 Å². The van der Waals surface area contributed by atoms with E-state index in [-0.39, 0.29) is 17.9 Å². The highest BCUT2D eigenvalue weighted by Gasteiger charge is 2.18. The minimum atomic E-state index is -0.955. The van der Waals surface area contributed by atoms with Crippen LogP contribution in [0.15, 0.2) is 55.7 Å². The highest BCUT2D eigenvalue weighted by Crippen LogP contribution is 2.07. The van der Waals surface area contributed by atoms with Crippen LogP contribution in [-0.2, 0) is 20.6 Å². The Morgan fingerprint density at radius 2 is 1.79 bits per heavy atom. The zero-order valence-corrected chi connectivity index (χ0v) is 15.4. The maximum Gasteiger partial charge on any atom is 0.332 e. The van der Waals surface area contributed by atoms with Crippen molar-refractivity contribution in [2.75, 3.05) is 5.32 Å². The van der Waals surface area contributed by atoms with Crippen LogP contribution in [-0.4, -0.2) is 24.6 Å². The molecular weight excluding hydrogens is 385 g/mol. The van der Waals surface area contributed by atoms with Crippen LogP contribution < -0.4 is 27.8 Å². The molecule has 0 bridgehead atoms. The van der Waals surface area contributed by atoms with Crippen molar-refractivity contribution in [1.29, 1.82) is 0 Å². The first-order chi connectivity index (χ1) is 13.7. The van der Waals surface area contributed by atoms with E-state index < -0.39 is 39.8 Å². The average Bonchev–Trinajstić information content (AvgIpc) is 2.69. The minimum Gasteiger partial charge on any atom is -0.313 e. The lowest BCUT2D eigenvalue weighted by Crippen LogP contribution is -2.41. The van der Waals surface area contributed by atoms with Crippen LogP contribution in [0.3, 0.4) is 0 Å². The molecule has 29 heavy (non-hydrogen) atoms. The van der Waals surface area contributed by atoms with Crippen molar-refractivity contribution in [2.24, 2.45) is 14.1 Å². The third kappa shape index (κ3) is 3.70. The van der Waals surface area contributed by atoms with Crippen molar-refractivity contribution in [1.82, 2.24) is 18.7 Å². The monoisotopic (exact) mass is 401 g/mol. The molecule has 0 saturated carbocycles. The van der Waals surface area contributed by atoms with E-state index in [1.807, 2.05) is 0 Å². The molecule has 0 atom stereocenters. The third-order valence-corrected chi connectivity index (χ3v) is 4.36. The number of amides is 1. The predicted octanol–water partition coefficient (Wildman–Crippen LogP) is -0.626. The lowest BCUT2D eigenvalue weighted by atomic mass is 10.2. The number of hydrogen-bond donors (Lipinski definition) is 2. The maximum absolute atomic E-state index is 13.9. The molecule has 2 heterocycles. The van der Waals surface area contributed by atoms with Gasteiger partial charge >= 0.3 is 11.4 Å².